The van der Waals surface area contributed by atoms with Crippen molar-refractivity contribution in [2.45, 2.75) is 25.7 Å². The summed E-state index contributed by atoms with van der Waals surface area (Å²) in [5.41, 5.74) is 0. The highest BCUT2D eigenvalue weighted by Gasteiger charge is 2.20. The van der Waals surface area contributed by atoms with E-state index in [1.807, 2.05) is 13.1 Å². The summed E-state index contributed by atoms with van der Waals surface area (Å²) in [6, 6.07) is 1.86. The van der Waals surface area contributed by atoms with Crippen LogP contribution in [0.5, 0.6) is 0 Å². The van der Waals surface area contributed by atoms with Gasteiger partial charge in [0.1, 0.15) is 0 Å². The quantitative estimate of drug-likeness (QED) is 0.294. The van der Waals surface area contributed by atoms with Gasteiger partial charge in [-0.25, -0.2) is 9.97 Å². The molecule has 2 fully saturated rings. The second kappa shape index (κ2) is 11.5. The highest BCUT2D eigenvalue weighted by Crippen LogP contribution is 2.10. The molecule has 0 saturated carbocycles. The number of halogens is 1. The van der Waals surface area contributed by atoms with Crippen molar-refractivity contribution in [3.63, 3.8) is 0 Å². The lowest BCUT2D eigenvalue weighted by Gasteiger charge is -2.36. The summed E-state index contributed by atoms with van der Waals surface area (Å²) in [6.07, 6.45) is 8.83. The van der Waals surface area contributed by atoms with Crippen LogP contribution in [-0.4, -0.2) is 85.1 Å². The second-order valence-electron chi connectivity index (χ2n) is 6.75. The molecular weight excluding hydrogens is 441 g/mol. The Hall–Kier alpha value is -1.16. The molecular formula is C18H32IN7. The first-order valence-corrected chi connectivity index (χ1v) is 9.57. The molecule has 0 amide bonds. The lowest BCUT2D eigenvalue weighted by atomic mass is 10.3. The average molecular weight is 473 g/mol. The van der Waals surface area contributed by atoms with E-state index in [9.17, 15) is 0 Å². The number of unbranched alkanes of at least 4 members (excludes halogenated alkanes) is 1. The summed E-state index contributed by atoms with van der Waals surface area (Å²) < 4.78 is 0. The standard InChI is InChI=1S/C18H31N7.HI/c1-19-17(20-7-2-3-10-23-11-4-5-12-23)24-13-15-25(16-14-24)18-21-8-6-9-22-18;/h6,8-9H,2-5,7,10-16H2,1H3,(H,19,20);1H. The highest BCUT2D eigenvalue weighted by atomic mass is 127. The Morgan fingerprint density at radius 1 is 1.04 bits per heavy atom. The van der Waals surface area contributed by atoms with Gasteiger partial charge in [0.05, 0.1) is 0 Å². The number of guanidine groups is 1. The third-order valence-corrected chi connectivity index (χ3v) is 5.01. The maximum atomic E-state index is 4.46. The molecule has 2 aliphatic rings. The number of aromatic nitrogens is 2. The van der Waals surface area contributed by atoms with Gasteiger partial charge < -0.3 is 20.0 Å². The van der Waals surface area contributed by atoms with Crippen molar-refractivity contribution in [3.8, 4) is 0 Å². The number of nitrogens with one attached hydrogen (secondary N) is 1. The van der Waals surface area contributed by atoms with E-state index in [2.05, 4.69) is 35.0 Å². The molecule has 0 radical (unpaired) electrons. The third-order valence-electron chi connectivity index (χ3n) is 5.01. The zero-order chi connectivity index (χ0) is 17.3. The summed E-state index contributed by atoms with van der Waals surface area (Å²) in [6.45, 7) is 8.60. The number of rotatable bonds is 6. The van der Waals surface area contributed by atoms with Gasteiger partial charge in [-0.1, -0.05) is 0 Å². The van der Waals surface area contributed by atoms with Crippen molar-refractivity contribution < 1.29 is 0 Å². The molecule has 26 heavy (non-hydrogen) atoms. The predicted octanol–water partition coefficient (Wildman–Crippen LogP) is 1.67. The van der Waals surface area contributed by atoms with Gasteiger partial charge >= 0.3 is 0 Å². The van der Waals surface area contributed by atoms with E-state index in [4.69, 9.17) is 0 Å². The Morgan fingerprint density at radius 3 is 2.38 bits per heavy atom. The Kier molecular flexibility index (Phi) is 9.38. The van der Waals surface area contributed by atoms with Crippen molar-refractivity contribution in [2.75, 3.05) is 64.3 Å². The monoisotopic (exact) mass is 473 g/mol. The average Bonchev–Trinajstić information content (AvgIpc) is 3.19. The number of hydrogen-bond donors (Lipinski definition) is 1. The molecule has 7 nitrogen and oxygen atoms in total. The van der Waals surface area contributed by atoms with Gasteiger partial charge in [-0.3, -0.25) is 4.99 Å². The number of anilines is 1. The van der Waals surface area contributed by atoms with Crippen molar-refractivity contribution in [1.82, 2.24) is 25.1 Å². The molecule has 1 N–H and O–H groups in total. The summed E-state index contributed by atoms with van der Waals surface area (Å²) in [5, 5.41) is 3.53. The number of likely N-dealkylation sites (tertiary alicyclic amines) is 1. The van der Waals surface area contributed by atoms with Crippen LogP contribution in [0.1, 0.15) is 25.7 Å². The van der Waals surface area contributed by atoms with Crippen LogP contribution in [0, 0.1) is 0 Å². The van der Waals surface area contributed by atoms with Crippen LogP contribution in [0.25, 0.3) is 0 Å². The van der Waals surface area contributed by atoms with Gasteiger partial charge in [0.15, 0.2) is 5.96 Å². The zero-order valence-corrected chi connectivity index (χ0v) is 18.1. The largest absolute Gasteiger partial charge is 0.356 e. The molecule has 0 aliphatic carbocycles. The molecule has 1 aromatic heterocycles. The fourth-order valence-corrected chi connectivity index (χ4v) is 3.57. The molecule has 0 atom stereocenters. The first-order valence-electron chi connectivity index (χ1n) is 9.57. The summed E-state index contributed by atoms with van der Waals surface area (Å²) in [5.74, 6) is 1.85. The highest BCUT2D eigenvalue weighted by molar-refractivity contribution is 14.0. The lowest BCUT2D eigenvalue weighted by Crippen LogP contribution is -2.53. The molecule has 2 aliphatic heterocycles. The first kappa shape index (κ1) is 21.1. The van der Waals surface area contributed by atoms with E-state index < -0.39 is 0 Å². The Bertz CT molecular complexity index is 526. The molecule has 2 saturated heterocycles. The summed E-state index contributed by atoms with van der Waals surface area (Å²) in [4.78, 5) is 20.3. The van der Waals surface area contributed by atoms with Gasteiger partial charge in [0.2, 0.25) is 5.95 Å². The van der Waals surface area contributed by atoms with E-state index in [-0.39, 0.29) is 24.0 Å². The predicted molar refractivity (Wildman–Crippen MR) is 118 cm³/mol. The van der Waals surface area contributed by atoms with E-state index in [1.165, 1.54) is 45.3 Å². The van der Waals surface area contributed by atoms with Crippen molar-refractivity contribution >= 4 is 35.9 Å². The molecule has 146 valence electrons. The first-order chi connectivity index (χ1) is 12.4. The number of nitrogens with zero attached hydrogens (tertiary/aromatic N) is 6. The third kappa shape index (κ3) is 6.22. The fourth-order valence-electron chi connectivity index (χ4n) is 3.57. The van der Waals surface area contributed by atoms with Gasteiger partial charge in [0.25, 0.3) is 0 Å². The fraction of sp³-hybridized carbons (Fsp3) is 0.722. The topological polar surface area (TPSA) is 59.9 Å². The maximum absolute atomic E-state index is 4.46. The summed E-state index contributed by atoms with van der Waals surface area (Å²) >= 11 is 0. The van der Waals surface area contributed by atoms with E-state index in [0.717, 1.165) is 44.6 Å². The number of aliphatic imine (C=N–C) groups is 1. The van der Waals surface area contributed by atoms with Crippen LogP contribution in [-0.2, 0) is 0 Å². The molecule has 0 bridgehead atoms. The van der Waals surface area contributed by atoms with Crippen LogP contribution in [0.2, 0.25) is 0 Å². The van der Waals surface area contributed by atoms with Crippen molar-refractivity contribution in [2.24, 2.45) is 4.99 Å². The van der Waals surface area contributed by atoms with Gasteiger partial charge in [0, 0.05) is 52.2 Å². The Morgan fingerprint density at radius 2 is 1.73 bits per heavy atom. The molecule has 3 heterocycles. The molecule has 1 aromatic rings. The van der Waals surface area contributed by atoms with Crippen LogP contribution < -0.4 is 10.2 Å². The minimum absolute atomic E-state index is 0. The lowest BCUT2D eigenvalue weighted by molar-refractivity contribution is 0.329. The van der Waals surface area contributed by atoms with E-state index in [0.29, 0.717) is 0 Å². The molecule has 3 rings (SSSR count). The zero-order valence-electron chi connectivity index (χ0n) is 15.8. The normalized spacial score (nSPS) is 18.7. The van der Waals surface area contributed by atoms with Crippen molar-refractivity contribution in [3.05, 3.63) is 18.5 Å². The molecule has 0 unspecified atom stereocenters. The van der Waals surface area contributed by atoms with Crippen LogP contribution in [0.15, 0.2) is 23.5 Å². The van der Waals surface area contributed by atoms with Gasteiger partial charge in [-0.05, 0) is 51.4 Å². The number of piperazine rings is 1. The number of hydrogen-bond acceptors (Lipinski definition) is 5. The minimum Gasteiger partial charge on any atom is -0.356 e. The SMILES string of the molecule is CN=C(NCCCCN1CCCC1)N1CCN(c2ncccn2)CC1.I. The summed E-state index contributed by atoms with van der Waals surface area (Å²) in [7, 11) is 1.87. The molecule has 8 heteroatoms. The van der Waals surface area contributed by atoms with Gasteiger partial charge in [-0.2, -0.15) is 0 Å². The van der Waals surface area contributed by atoms with Crippen molar-refractivity contribution in [1.29, 1.82) is 0 Å². The Balaban J connectivity index is 0.00000243. The minimum atomic E-state index is 0. The Labute approximate surface area is 174 Å². The second-order valence-corrected chi connectivity index (χ2v) is 6.75. The molecule has 0 spiro atoms. The maximum Gasteiger partial charge on any atom is 0.225 e. The van der Waals surface area contributed by atoms with Gasteiger partial charge in [-0.15, -0.1) is 24.0 Å². The van der Waals surface area contributed by atoms with E-state index in [1.54, 1.807) is 12.4 Å². The molecule has 0 aromatic carbocycles. The van der Waals surface area contributed by atoms with Crippen LogP contribution in [0.4, 0.5) is 5.95 Å². The smallest absolute Gasteiger partial charge is 0.225 e. The van der Waals surface area contributed by atoms with E-state index >= 15 is 0 Å². The van der Waals surface area contributed by atoms with Crippen LogP contribution in [0.3, 0.4) is 0 Å². The van der Waals surface area contributed by atoms with Crippen LogP contribution >= 0.6 is 24.0 Å².